The minimum absolute atomic E-state index is 0.0607. The van der Waals surface area contributed by atoms with Crippen molar-refractivity contribution in [1.29, 1.82) is 10.5 Å². The lowest BCUT2D eigenvalue weighted by Gasteiger charge is -2.21. The zero-order valence-electron chi connectivity index (χ0n) is 16.8. The fourth-order valence-corrected chi connectivity index (χ4v) is 3.74. The summed E-state index contributed by atoms with van der Waals surface area (Å²) in [6.07, 6.45) is 1.47. The van der Waals surface area contributed by atoms with Crippen LogP contribution >= 0.6 is 11.6 Å². The standard InChI is InChI=1S/C23H24ClN5O/c24-22-14-21(7-6-20(22)16-26)27-23(30)8-11-28-9-1-10-29(13-12-28)17-19-4-2-18(15-25)3-5-19/h2-7,14H,1,8-13,17H2,(H,27,30). The van der Waals surface area contributed by atoms with E-state index in [2.05, 4.69) is 21.2 Å². The first-order valence-corrected chi connectivity index (χ1v) is 10.4. The summed E-state index contributed by atoms with van der Waals surface area (Å²) in [4.78, 5) is 17.0. The molecular weight excluding hydrogens is 398 g/mol. The van der Waals surface area contributed by atoms with E-state index in [0.29, 0.717) is 34.8 Å². The first kappa shape index (κ1) is 21.8. The summed E-state index contributed by atoms with van der Waals surface area (Å²) in [5.41, 5.74) is 2.89. The number of nitrogens with one attached hydrogen (secondary N) is 1. The summed E-state index contributed by atoms with van der Waals surface area (Å²) < 4.78 is 0. The van der Waals surface area contributed by atoms with Crippen molar-refractivity contribution in [3.8, 4) is 12.1 Å². The molecule has 2 aromatic rings. The topological polar surface area (TPSA) is 83.2 Å². The maximum atomic E-state index is 12.3. The van der Waals surface area contributed by atoms with E-state index < -0.39 is 0 Å². The van der Waals surface area contributed by atoms with Gasteiger partial charge in [0.2, 0.25) is 5.91 Å². The molecule has 0 unspecified atom stereocenters. The molecule has 0 bridgehead atoms. The Bertz CT molecular complexity index is 961. The molecule has 0 aromatic heterocycles. The van der Waals surface area contributed by atoms with Gasteiger partial charge in [0.1, 0.15) is 6.07 Å². The molecule has 0 spiro atoms. The molecule has 0 atom stereocenters. The van der Waals surface area contributed by atoms with Crippen LogP contribution in [0.25, 0.3) is 0 Å². The van der Waals surface area contributed by atoms with Gasteiger partial charge in [-0.2, -0.15) is 10.5 Å². The number of carbonyl (C=O) groups excluding carboxylic acids is 1. The SMILES string of the molecule is N#Cc1ccc(CN2CCCN(CCC(=O)Nc3ccc(C#N)c(Cl)c3)CC2)cc1. The van der Waals surface area contributed by atoms with E-state index >= 15 is 0 Å². The van der Waals surface area contributed by atoms with Crippen molar-refractivity contribution in [3.05, 3.63) is 64.2 Å². The van der Waals surface area contributed by atoms with Crippen LogP contribution < -0.4 is 5.32 Å². The van der Waals surface area contributed by atoms with Crippen molar-refractivity contribution in [2.45, 2.75) is 19.4 Å². The van der Waals surface area contributed by atoms with Crippen LogP contribution in [0, 0.1) is 22.7 Å². The van der Waals surface area contributed by atoms with Crippen LogP contribution in [0.1, 0.15) is 29.5 Å². The van der Waals surface area contributed by atoms with Gasteiger partial charge in [-0.15, -0.1) is 0 Å². The van der Waals surface area contributed by atoms with Crippen molar-refractivity contribution in [2.75, 3.05) is 38.0 Å². The Morgan fingerprint density at radius 3 is 2.43 bits per heavy atom. The average molecular weight is 422 g/mol. The molecule has 1 heterocycles. The number of amides is 1. The van der Waals surface area contributed by atoms with Crippen LogP contribution in [0.5, 0.6) is 0 Å². The molecule has 3 rings (SSSR count). The van der Waals surface area contributed by atoms with Gasteiger partial charge in [-0.05, 0) is 55.4 Å². The van der Waals surface area contributed by atoms with Gasteiger partial charge in [-0.3, -0.25) is 9.69 Å². The molecule has 0 radical (unpaired) electrons. The highest BCUT2D eigenvalue weighted by Gasteiger charge is 2.16. The molecule has 0 saturated carbocycles. The van der Waals surface area contributed by atoms with E-state index in [4.69, 9.17) is 22.1 Å². The fraction of sp³-hybridized carbons (Fsp3) is 0.348. The first-order valence-electron chi connectivity index (χ1n) is 10.0. The summed E-state index contributed by atoms with van der Waals surface area (Å²) in [7, 11) is 0. The normalized spacial score (nSPS) is 15.0. The fourth-order valence-electron chi connectivity index (χ4n) is 3.52. The van der Waals surface area contributed by atoms with Crippen molar-refractivity contribution in [1.82, 2.24) is 9.80 Å². The van der Waals surface area contributed by atoms with E-state index in [1.807, 2.05) is 30.3 Å². The van der Waals surface area contributed by atoms with Gasteiger partial charge in [0, 0.05) is 38.3 Å². The molecule has 7 heteroatoms. The van der Waals surface area contributed by atoms with Crippen molar-refractivity contribution >= 4 is 23.2 Å². The number of benzene rings is 2. The Labute approximate surface area is 182 Å². The summed E-state index contributed by atoms with van der Waals surface area (Å²) in [5, 5.41) is 21.0. The maximum absolute atomic E-state index is 12.3. The third-order valence-corrected chi connectivity index (χ3v) is 5.51. The Morgan fingerprint density at radius 1 is 1.00 bits per heavy atom. The highest BCUT2D eigenvalue weighted by Crippen LogP contribution is 2.20. The number of hydrogen-bond donors (Lipinski definition) is 1. The average Bonchev–Trinajstić information content (AvgIpc) is 2.98. The third-order valence-electron chi connectivity index (χ3n) is 5.20. The number of nitrogens with zero attached hydrogens (tertiary/aromatic N) is 4. The molecule has 1 aliphatic rings. The molecule has 6 nitrogen and oxygen atoms in total. The van der Waals surface area contributed by atoms with E-state index in [9.17, 15) is 4.79 Å². The van der Waals surface area contributed by atoms with Gasteiger partial charge in [0.05, 0.1) is 22.2 Å². The molecular formula is C23H24ClN5O. The zero-order valence-corrected chi connectivity index (χ0v) is 17.5. The molecule has 1 fully saturated rings. The summed E-state index contributed by atoms with van der Waals surface area (Å²) >= 11 is 6.02. The summed E-state index contributed by atoms with van der Waals surface area (Å²) in [5.74, 6) is -0.0607. The first-order chi connectivity index (χ1) is 14.6. The molecule has 0 aliphatic carbocycles. The smallest absolute Gasteiger partial charge is 0.225 e. The van der Waals surface area contributed by atoms with Crippen LogP contribution in [0.2, 0.25) is 5.02 Å². The largest absolute Gasteiger partial charge is 0.326 e. The minimum atomic E-state index is -0.0607. The lowest BCUT2D eigenvalue weighted by Crippen LogP contribution is -2.32. The minimum Gasteiger partial charge on any atom is -0.326 e. The molecule has 30 heavy (non-hydrogen) atoms. The van der Waals surface area contributed by atoms with Gasteiger partial charge in [0.15, 0.2) is 0 Å². The quantitative estimate of drug-likeness (QED) is 0.770. The number of halogens is 1. The van der Waals surface area contributed by atoms with Crippen LogP contribution in [0.4, 0.5) is 5.69 Å². The summed E-state index contributed by atoms with van der Waals surface area (Å²) in [6.45, 7) is 5.45. The third kappa shape index (κ3) is 6.30. The lowest BCUT2D eigenvalue weighted by atomic mass is 10.1. The Morgan fingerprint density at radius 2 is 1.73 bits per heavy atom. The predicted octanol–water partition coefficient (Wildman–Crippen LogP) is 3.62. The number of carbonyl (C=O) groups is 1. The van der Waals surface area contributed by atoms with Gasteiger partial charge < -0.3 is 10.2 Å². The summed E-state index contributed by atoms with van der Waals surface area (Å²) in [6, 6.07) is 16.8. The Balaban J connectivity index is 1.43. The Kier molecular flexibility index (Phi) is 7.82. The molecule has 1 saturated heterocycles. The number of hydrogen-bond acceptors (Lipinski definition) is 5. The van der Waals surface area contributed by atoms with E-state index in [0.717, 1.165) is 39.1 Å². The second kappa shape index (κ2) is 10.8. The number of anilines is 1. The molecule has 1 N–H and O–H groups in total. The second-order valence-electron chi connectivity index (χ2n) is 7.38. The van der Waals surface area contributed by atoms with Crippen LogP contribution in [0.15, 0.2) is 42.5 Å². The van der Waals surface area contributed by atoms with E-state index in [-0.39, 0.29) is 5.91 Å². The van der Waals surface area contributed by atoms with Gasteiger partial charge >= 0.3 is 0 Å². The van der Waals surface area contributed by atoms with E-state index in [1.165, 1.54) is 5.56 Å². The highest BCUT2D eigenvalue weighted by molar-refractivity contribution is 6.32. The second-order valence-corrected chi connectivity index (χ2v) is 7.79. The predicted molar refractivity (Wildman–Crippen MR) is 117 cm³/mol. The number of nitriles is 2. The van der Waals surface area contributed by atoms with Crippen LogP contribution in [-0.2, 0) is 11.3 Å². The van der Waals surface area contributed by atoms with Crippen molar-refractivity contribution in [2.24, 2.45) is 0 Å². The van der Waals surface area contributed by atoms with E-state index in [1.54, 1.807) is 18.2 Å². The monoisotopic (exact) mass is 421 g/mol. The number of rotatable bonds is 6. The van der Waals surface area contributed by atoms with Crippen LogP contribution in [-0.4, -0.2) is 48.4 Å². The molecule has 154 valence electrons. The Hall–Kier alpha value is -2.90. The van der Waals surface area contributed by atoms with Crippen molar-refractivity contribution in [3.63, 3.8) is 0 Å². The van der Waals surface area contributed by atoms with Crippen LogP contribution in [0.3, 0.4) is 0 Å². The highest BCUT2D eigenvalue weighted by atomic mass is 35.5. The zero-order chi connectivity index (χ0) is 21.3. The molecule has 2 aromatic carbocycles. The van der Waals surface area contributed by atoms with Gasteiger partial charge in [0.25, 0.3) is 0 Å². The van der Waals surface area contributed by atoms with Gasteiger partial charge in [-0.25, -0.2) is 0 Å². The molecule has 1 amide bonds. The van der Waals surface area contributed by atoms with Gasteiger partial charge in [-0.1, -0.05) is 23.7 Å². The van der Waals surface area contributed by atoms with Crippen molar-refractivity contribution < 1.29 is 4.79 Å². The maximum Gasteiger partial charge on any atom is 0.225 e. The molecule has 1 aliphatic heterocycles. The lowest BCUT2D eigenvalue weighted by molar-refractivity contribution is -0.116.